The molecule has 0 saturated carbocycles. The molecule has 0 bridgehead atoms. The summed E-state index contributed by atoms with van der Waals surface area (Å²) in [5.41, 5.74) is 8.23. The summed E-state index contributed by atoms with van der Waals surface area (Å²) in [6.07, 6.45) is 3.67. The van der Waals surface area contributed by atoms with Crippen LogP contribution in [0.2, 0.25) is 0 Å². The molecule has 1 aromatic heterocycles. The van der Waals surface area contributed by atoms with Crippen LogP contribution >= 0.6 is 24.0 Å². The van der Waals surface area contributed by atoms with Gasteiger partial charge in [-0.15, -0.1) is 24.0 Å². The van der Waals surface area contributed by atoms with E-state index < -0.39 is 5.91 Å². The number of guanidine groups is 1. The molecule has 0 aliphatic heterocycles. The summed E-state index contributed by atoms with van der Waals surface area (Å²) in [5, 5.41) is 11.0. The van der Waals surface area contributed by atoms with Gasteiger partial charge < -0.3 is 21.1 Å². The quantitative estimate of drug-likeness (QED) is 0.234. The highest BCUT2D eigenvalue weighted by Gasteiger charge is 2.09. The van der Waals surface area contributed by atoms with Crippen molar-refractivity contribution < 1.29 is 9.53 Å². The number of nitrogens with two attached hydrogens (primary N) is 1. The van der Waals surface area contributed by atoms with Gasteiger partial charge >= 0.3 is 0 Å². The molecule has 8 nitrogen and oxygen atoms in total. The number of amides is 1. The molecule has 0 radical (unpaired) electrons. The number of carbonyl (C=O) groups is 1. The Hall–Kier alpha value is -3.08. The Morgan fingerprint density at radius 1 is 1.23 bits per heavy atom. The first-order valence-electron chi connectivity index (χ1n) is 9.62. The highest BCUT2D eigenvalue weighted by molar-refractivity contribution is 14.0. The second-order valence-corrected chi connectivity index (χ2v) is 6.74. The van der Waals surface area contributed by atoms with Crippen molar-refractivity contribution in [2.75, 3.05) is 13.7 Å². The number of rotatable bonds is 8. The standard InChI is InChI=1S/C22H26N6O2.HI/c1-16(18-7-4-8-19(13-18)28-11-5-10-26-28)27-22(24-2)25-14-17-6-3-9-20(12-17)30-15-21(23)29;/h3-13,16H,14-15H2,1-2H3,(H2,23,29)(H2,24,25,27);1H. The van der Waals surface area contributed by atoms with Gasteiger partial charge in [0.2, 0.25) is 0 Å². The van der Waals surface area contributed by atoms with E-state index in [-0.39, 0.29) is 36.6 Å². The number of nitrogens with one attached hydrogen (secondary N) is 2. The smallest absolute Gasteiger partial charge is 0.255 e. The third-order valence-corrected chi connectivity index (χ3v) is 4.46. The number of halogens is 1. The molecule has 1 heterocycles. The zero-order valence-corrected chi connectivity index (χ0v) is 19.8. The van der Waals surface area contributed by atoms with Crippen molar-refractivity contribution in [2.45, 2.75) is 19.5 Å². The fourth-order valence-corrected chi connectivity index (χ4v) is 2.93. The molecule has 4 N–H and O–H groups in total. The molecule has 164 valence electrons. The lowest BCUT2D eigenvalue weighted by Gasteiger charge is -2.19. The summed E-state index contributed by atoms with van der Waals surface area (Å²) in [6.45, 7) is 2.48. The Labute approximate surface area is 198 Å². The third-order valence-electron chi connectivity index (χ3n) is 4.46. The predicted octanol–water partition coefficient (Wildman–Crippen LogP) is 2.78. The van der Waals surface area contributed by atoms with Gasteiger partial charge in [0.05, 0.1) is 11.7 Å². The topological polar surface area (TPSA) is 107 Å². The van der Waals surface area contributed by atoms with Gasteiger partial charge in [0.15, 0.2) is 12.6 Å². The van der Waals surface area contributed by atoms with Crippen LogP contribution in [0.25, 0.3) is 5.69 Å². The maximum atomic E-state index is 10.9. The normalized spacial score (nSPS) is 11.9. The molecule has 1 unspecified atom stereocenters. The van der Waals surface area contributed by atoms with Gasteiger partial charge in [0.1, 0.15) is 5.75 Å². The van der Waals surface area contributed by atoms with E-state index in [1.807, 2.05) is 47.3 Å². The Kier molecular flexibility index (Phi) is 9.32. The molecule has 1 atom stereocenters. The minimum atomic E-state index is -0.506. The van der Waals surface area contributed by atoms with Gasteiger partial charge in [0.25, 0.3) is 5.91 Å². The summed E-state index contributed by atoms with van der Waals surface area (Å²) in [4.78, 5) is 15.2. The summed E-state index contributed by atoms with van der Waals surface area (Å²) in [7, 11) is 1.73. The zero-order valence-electron chi connectivity index (χ0n) is 17.5. The van der Waals surface area contributed by atoms with E-state index in [1.54, 1.807) is 19.3 Å². The van der Waals surface area contributed by atoms with E-state index in [4.69, 9.17) is 10.5 Å². The summed E-state index contributed by atoms with van der Waals surface area (Å²) in [5.74, 6) is 0.768. The van der Waals surface area contributed by atoms with Gasteiger partial charge in [0, 0.05) is 26.0 Å². The summed E-state index contributed by atoms with van der Waals surface area (Å²) >= 11 is 0. The first kappa shape index (κ1) is 24.2. The van der Waals surface area contributed by atoms with Crippen LogP contribution in [0.15, 0.2) is 72.0 Å². The first-order chi connectivity index (χ1) is 14.5. The average molecular weight is 534 g/mol. The molecule has 0 aliphatic carbocycles. The number of nitrogens with zero attached hydrogens (tertiary/aromatic N) is 3. The number of ether oxygens (including phenoxy) is 1. The van der Waals surface area contributed by atoms with E-state index >= 15 is 0 Å². The molecular formula is C22H27IN6O2. The van der Waals surface area contributed by atoms with Crippen molar-refractivity contribution >= 4 is 35.8 Å². The molecule has 0 fully saturated rings. The van der Waals surface area contributed by atoms with E-state index in [1.165, 1.54) is 0 Å². The van der Waals surface area contributed by atoms with E-state index in [0.717, 1.165) is 16.8 Å². The number of aromatic nitrogens is 2. The number of aliphatic imine (C=N–C) groups is 1. The van der Waals surface area contributed by atoms with E-state index in [9.17, 15) is 4.79 Å². The highest BCUT2D eigenvalue weighted by Crippen LogP contribution is 2.17. The van der Waals surface area contributed by atoms with Gasteiger partial charge in [-0.2, -0.15) is 5.10 Å². The first-order valence-corrected chi connectivity index (χ1v) is 9.62. The second-order valence-electron chi connectivity index (χ2n) is 6.74. The number of primary amides is 1. The van der Waals surface area contributed by atoms with Crippen LogP contribution < -0.4 is 21.1 Å². The number of benzene rings is 2. The molecule has 9 heteroatoms. The van der Waals surface area contributed by atoms with Crippen LogP contribution in [-0.4, -0.2) is 35.3 Å². The number of carbonyl (C=O) groups excluding carboxylic acids is 1. The summed E-state index contributed by atoms with van der Waals surface area (Å²) < 4.78 is 7.18. The van der Waals surface area contributed by atoms with Crippen molar-refractivity contribution in [1.29, 1.82) is 0 Å². The van der Waals surface area contributed by atoms with Crippen LogP contribution in [0.5, 0.6) is 5.75 Å². The minimum absolute atomic E-state index is 0. The van der Waals surface area contributed by atoms with Crippen LogP contribution in [-0.2, 0) is 11.3 Å². The Morgan fingerprint density at radius 3 is 2.74 bits per heavy atom. The van der Waals surface area contributed by atoms with Crippen LogP contribution in [0.3, 0.4) is 0 Å². The Bertz CT molecular complexity index is 1010. The molecule has 3 rings (SSSR count). The molecule has 1 amide bonds. The van der Waals surface area contributed by atoms with E-state index in [0.29, 0.717) is 18.3 Å². The average Bonchev–Trinajstić information content (AvgIpc) is 3.30. The van der Waals surface area contributed by atoms with E-state index in [2.05, 4.69) is 39.8 Å². The maximum absolute atomic E-state index is 10.9. The lowest BCUT2D eigenvalue weighted by molar-refractivity contribution is -0.119. The van der Waals surface area contributed by atoms with Crippen molar-refractivity contribution in [2.24, 2.45) is 10.7 Å². The van der Waals surface area contributed by atoms with Crippen LogP contribution in [0.4, 0.5) is 0 Å². The molecule has 31 heavy (non-hydrogen) atoms. The van der Waals surface area contributed by atoms with Crippen LogP contribution in [0, 0.1) is 0 Å². The fraction of sp³-hybridized carbons (Fsp3) is 0.227. The SMILES string of the molecule is CN=C(NCc1cccc(OCC(N)=O)c1)NC(C)c1cccc(-n2cccn2)c1.I. The third kappa shape index (κ3) is 7.28. The number of hydrogen-bond donors (Lipinski definition) is 3. The van der Waals surface area contributed by atoms with Crippen molar-refractivity contribution in [3.05, 3.63) is 78.1 Å². The van der Waals surface area contributed by atoms with Crippen LogP contribution in [0.1, 0.15) is 24.1 Å². The maximum Gasteiger partial charge on any atom is 0.255 e. The highest BCUT2D eigenvalue weighted by atomic mass is 127. The monoisotopic (exact) mass is 534 g/mol. The zero-order chi connectivity index (χ0) is 21.3. The number of hydrogen-bond acceptors (Lipinski definition) is 4. The molecular weight excluding hydrogens is 507 g/mol. The molecule has 0 aliphatic rings. The van der Waals surface area contributed by atoms with Gasteiger partial charge in [-0.3, -0.25) is 9.79 Å². The minimum Gasteiger partial charge on any atom is -0.484 e. The molecule has 2 aromatic carbocycles. The van der Waals surface area contributed by atoms with Gasteiger partial charge in [-0.25, -0.2) is 4.68 Å². The van der Waals surface area contributed by atoms with Crippen molar-refractivity contribution in [1.82, 2.24) is 20.4 Å². The van der Waals surface area contributed by atoms with Gasteiger partial charge in [-0.05, 0) is 48.4 Å². The Balaban J connectivity index is 0.00000341. The fourth-order valence-electron chi connectivity index (χ4n) is 2.93. The molecule has 0 spiro atoms. The van der Waals surface area contributed by atoms with Crippen molar-refractivity contribution in [3.63, 3.8) is 0 Å². The summed E-state index contributed by atoms with van der Waals surface area (Å²) in [6, 6.07) is 17.6. The molecule has 3 aromatic rings. The lowest BCUT2D eigenvalue weighted by Crippen LogP contribution is -2.38. The largest absolute Gasteiger partial charge is 0.484 e. The Morgan fingerprint density at radius 2 is 2.03 bits per heavy atom. The van der Waals surface area contributed by atoms with Gasteiger partial charge in [-0.1, -0.05) is 24.3 Å². The predicted molar refractivity (Wildman–Crippen MR) is 132 cm³/mol. The molecule has 0 saturated heterocycles. The van der Waals surface area contributed by atoms with Crippen molar-refractivity contribution in [3.8, 4) is 11.4 Å². The lowest BCUT2D eigenvalue weighted by atomic mass is 10.1. The second kappa shape index (κ2) is 11.9.